The maximum atomic E-state index is 11.1. The third-order valence-corrected chi connectivity index (χ3v) is 2.57. The summed E-state index contributed by atoms with van der Waals surface area (Å²) in [5, 5.41) is 9.54. The Balaban J connectivity index is 3.27. The molecule has 86 valence electrons. The van der Waals surface area contributed by atoms with Crippen LogP contribution in [0.4, 0.5) is 5.69 Å². The maximum Gasteiger partial charge on any atom is 0.337 e. The average Bonchev–Trinajstić information content (AvgIpc) is 2.26. The van der Waals surface area contributed by atoms with Crippen LogP contribution in [0.3, 0.4) is 0 Å². The first-order chi connectivity index (χ1) is 7.61. The van der Waals surface area contributed by atoms with E-state index in [4.69, 9.17) is 16.7 Å². The number of likely N-dealkylation sites (N-methyl/N-ethyl adjacent to an activating group) is 1. The molecule has 0 aliphatic carbocycles. The van der Waals surface area contributed by atoms with Crippen LogP contribution in [0.5, 0.6) is 0 Å². The van der Waals surface area contributed by atoms with Gasteiger partial charge in [0.05, 0.1) is 16.3 Å². The molecule has 0 fully saturated rings. The van der Waals surface area contributed by atoms with E-state index in [2.05, 4.69) is 6.58 Å². The Morgan fingerprint density at radius 1 is 1.62 bits per heavy atom. The second kappa shape index (κ2) is 5.56. The number of rotatable bonds is 5. The summed E-state index contributed by atoms with van der Waals surface area (Å²) in [5.41, 5.74) is 0.773. The van der Waals surface area contributed by atoms with Crippen molar-refractivity contribution in [1.29, 1.82) is 0 Å². The summed E-state index contributed by atoms with van der Waals surface area (Å²) in [7, 11) is 0. The van der Waals surface area contributed by atoms with Crippen molar-refractivity contribution in [3.63, 3.8) is 0 Å². The van der Waals surface area contributed by atoms with Crippen molar-refractivity contribution in [2.24, 2.45) is 0 Å². The molecule has 0 saturated carbocycles. The summed E-state index contributed by atoms with van der Waals surface area (Å²) in [6, 6.07) is 4.88. The Morgan fingerprint density at radius 3 is 2.81 bits per heavy atom. The van der Waals surface area contributed by atoms with Gasteiger partial charge in [0.25, 0.3) is 0 Å². The number of carboxylic acids is 1. The van der Waals surface area contributed by atoms with E-state index < -0.39 is 5.97 Å². The fourth-order valence-electron chi connectivity index (χ4n) is 1.54. The summed E-state index contributed by atoms with van der Waals surface area (Å²) in [6.07, 6.45) is 1.72. The lowest BCUT2D eigenvalue weighted by Crippen LogP contribution is -2.25. The number of benzene rings is 1. The Bertz CT molecular complexity index is 404. The van der Waals surface area contributed by atoms with E-state index in [1.807, 2.05) is 11.8 Å². The first-order valence-electron chi connectivity index (χ1n) is 4.99. The van der Waals surface area contributed by atoms with Crippen LogP contribution in [0.25, 0.3) is 0 Å². The fourth-order valence-corrected chi connectivity index (χ4v) is 1.84. The van der Waals surface area contributed by atoms with E-state index in [-0.39, 0.29) is 5.56 Å². The molecule has 0 radical (unpaired) electrons. The van der Waals surface area contributed by atoms with Crippen molar-refractivity contribution < 1.29 is 9.90 Å². The molecule has 1 aromatic carbocycles. The van der Waals surface area contributed by atoms with Crippen molar-refractivity contribution in [3.05, 3.63) is 41.4 Å². The zero-order valence-electron chi connectivity index (χ0n) is 9.11. The Morgan fingerprint density at radius 2 is 2.31 bits per heavy atom. The molecule has 0 unspecified atom stereocenters. The minimum atomic E-state index is -0.972. The number of hydrogen-bond acceptors (Lipinski definition) is 2. The molecule has 1 rings (SSSR count). The van der Waals surface area contributed by atoms with Crippen molar-refractivity contribution in [2.45, 2.75) is 6.92 Å². The highest BCUT2D eigenvalue weighted by atomic mass is 35.5. The van der Waals surface area contributed by atoms with E-state index in [0.717, 1.165) is 0 Å². The van der Waals surface area contributed by atoms with Gasteiger partial charge in [-0.25, -0.2) is 4.79 Å². The number of carbonyl (C=O) groups is 1. The van der Waals surface area contributed by atoms with Crippen LogP contribution >= 0.6 is 11.6 Å². The predicted molar refractivity (Wildman–Crippen MR) is 66.5 cm³/mol. The first-order valence-corrected chi connectivity index (χ1v) is 5.37. The highest BCUT2D eigenvalue weighted by Gasteiger charge is 2.17. The monoisotopic (exact) mass is 239 g/mol. The van der Waals surface area contributed by atoms with Crippen LogP contribution in [-0.4, -0.2) is 24.2 Å². The van der Waals surface area contributed by atoms with E-state index in [0.29, 0.717) is 23.8 Å². The van der Waals surface area contributed by atoms with Gasteiger partial charge in [-0.05, 0) is 19.1 Å². The third-order valence-electron chi connectivity index (χ3n) is 2.26. The van der Waals surface area contributed by atoms with Gasteiger partial charge in [-0.15, -0.1) is 6.58 Å². The number of anilines is 1. The zero-order chi connectivity index (χ0) is 12.1. The van der Waals surface area contributed by atoms with Gasteiger partial charge in [-0.3, -0.25) is 0 Å². The molecule has 4 heteroatoms. The van der Waals surface area contributed by atoms with Crippen molar-refractivity contribution >= 4 is 23.3 Å². The van der Waals surface area contributed by atoms with Gasteiger partial charge in [0.2, 0.25) is 0 Å². The maximum absolute atomic E-state index is 11.1. The van der Waals surface area contributed by atoms with Gasteiger partial charge in [-0.1, -0.05) is 23.7 Å². The highest BCUT2D eigenvalue weighted by molar-refractivity contribution is 6.34. The number of hydrogen-bond donors (Lipinski definition) is 1. The largest absolute Gasteiger partial charge is 0.478 e. The summed E-state index contributed by atoms with van der Waals surface area (Å²) in [4.78, 5) is 13.0. The number of carboxylic acid groups (broad SMARTS) is 1. The van der Waals surface area contributed by atoms with Crippen molar-refractivity contribution in [3.8, 4) is 0 Å². The second-order valence-electron chi connectivity index (χ2n) is 3.27. The normalized spacial score (nSPS) is 9.88. The second-order valence-corrected chi connectivity index (χ2v) is 3.68. The van der Waals surface area contributed by atoms with E-state index in [1.54, 1.807) is 24.3 Å². The third kappa shape index (κ3) is 2.55. The molecule has 16 heavy (non-hydrogen) atoms. The molecule has 0 amide bonds. The van der Waals surface area contributed by atoms with Gasteiger partial charge in [-0.2, -0.15) is 0 Å². The molecule has 0 aliphatic rings. The van der Waals surface area contributed by atoms with Gasteiger partial charge in [0.1, 0.15) is 0 Å². The molecule has 0 atom stereocenters. The Labute approximate surface area is 100.0 Å². The van der Waals surface area contributed by atoms with Gasteiger partial charge in [0.15, 0.2) is 0 Å². The molecule has 0 aliphatic heterocycles. The lowest BCUT2D eigenvalue weighted by atomic mass is 10.1. The summed E-state index contributed by atoms with van der Waals surface area (Å²) < 4.78 is 0. The first kappa shape index (κ1) is 12.6. The quantitative estimate of drug-likeness (QED) is 0.803. The smallest absolute Gasteiger partial charge is 0.337 e. The molecular formula is C12H14ClNO2. The molecular weight excluding hydrogens is 226 g/mol. The van der Waals surface area contributed by atoms with Gasteiger partial charge < -0.3 is 10.0 Å². The zero-order valence-corrected chi connectivity index (χ0v) is 9.87. The summed E-state index contributed by atoms with van der Waals surface area (Å²) >= 11 is 6.04. The van der Waals surface area contributed by atoms with Crippen LogP contribution in [0.1, 0.15) is 17.3 Å². The minimum absolute atomic E-state index is 0.219. The van der Waals surface area contributed by atoms with Crippen LogP contribution in [0, 0.1) is 0 Å². The minimum Gasteiger partial charge on any atom is -0.478 e. The Hall–Kier alpha value is -1.48. The fraction of sp³-hybridized carbons (Fsp3) is 0.250. The molecule has 0 spiro atoms. The van der Waals surface area contributed by atoms with Crippen LogP contribution in [0.2, 0.25) is 5.02 Å². The standard InChI is InChI=1S/C12H14ClNO2/c1-3-8-14(4-2)11-9(12(15)16)6-5-7-10(11)13/h3,5-7H,1,4,8H2,2H3,(H,15,16). The molecule has 0 bridgehead atoms. The van der Waals surface area contributed by atoms with Crippen molar-refractivity contribution in [2.75, 3.05) is 18.0 Å². The molecule has 0 aromatic heterocycles. The summed E-state index contributed by atoms with van der Waals surface area (Å²) in [5.74, 6) is -0.972. The highest BCUT2D eigenvalue weighted by Crippen LogP contribution is 2.29. The number of para-hydroxylation sites is 1. The van der Waals surface area contributed by atoms with Crippen LogP contribution in [0.15, 0.2) is 30.9 Å². The lowest BCUT2D eigenvalue weighted by Gasteiger charge is -2.24. The van der Waals surface area contributed by atoms with E-state index in [1.165, 1.54) is 0 Å². The molecule has 0 saturated heterocycles. The van der Waals surface area contributed by atoms with Gasteiger partial charge >= 0.3 is 5.97 Å². The van der Waals surface area contributed by atoms with Crippen LogP contribution in [-0.2, 0) is 0 Å². The van der Waals surface area contributed by atoms with E-state index >= 15 is 0 Å². The average molecular weight is 240 g/mol. The topological polar surface area (TPSA) is 40.5 Å². The molecule has 1 N–H and O–H groups in total. The summed E-state index contributed by atoms with van der Waals surface area (Å²) in [6.45, 7) is 6.84. The number of aromatic carboxylic acids is 1. The molecule has 0 heterocycles. The van der Waals surface area contributed by atoms with Gasteiger partial charge in [0, 0.05) is 13.1 Å². The molecule has 1 aromatic rings. The van der Waals surface area contributed by atoms with Crippen molar-refractivity contribution in [1.82, 2.24) is 0 Å². The van der Waals surface area contributed by atoms with Crippen LogP contribution < -0.4 is 4.90 Å². The SMILES string of the molecule is C=CCN(CC)c1c(Cl)cccc1C(=O)O. The number of halogens is 1. The predicted octanol–water partition coefficient (Wildman–Crippen LogP) is 3.05. The lowest BCUT2D eigenvalue weighted by molar-refractivity contribution is 0.0697. The number of nitrogens with zero attached hydrogens (tertiary/aromatic N) is 1. The Kier molecular flexibility index (Phi) is 4.38. The molecule has 3 nitrogen and oxygen atoms in total. The van der Waals surface area contributed by atoms with E-state index in [9.17, 15) is 4.79 Å².